The highest BCUT2D eigenvalue weighted by atomic mass is 32.1. The van der Waals surface area contributed by atoms with Crippen LogP contribution < -0.4 is 5.32 Å². The van der Waals surface area contributed by atoms with Gasteiger partial charge in [0.25, 0.3) is 5.91 Å². The molecule has 0 aliphatic rings. The van der Waals surface area contributed by atoms with E-state index in [1.165, 1.54) is 23.5 Å². The fourth-order valence-electron chi connectivity index (χ4n) is 3.12. The third-order valence-electron chi connectivity index (χ3n) is 4.57. The van der Waals surface area contributed by atoms with E-state index in [2.05, 4.69) is 26.8 Å². The highest BCUT2D eigenvalue weighted by Crippen LogP contribution is 2.34. The first-order chi connectivity index (χ1) is 13.6. The van der Waals surface area contributed by atoms with Crippen LogP contribution in [0.1, 0.15) is 27.9 Å². The van der Waals surface area contributed by atoms with Crippen LogP contribution in [0.25, 0.3) is 21.6 Å². The largest absolute Gasteiger partial charge is 0.347 e. The van der Waals surface area contributed by atoms with Gasteiger partial charge in [-0.15, -0.1) is 11.3 Å². The Morgan fingerprint density at radius 2 is 2.04 bits per heavy atom. The zero-order valence-corrected chi connectivity index (χ0v) is 16.4. The molecule has 0 radical (unpaired) electrons. The van der Waals surface area contributed by atoms with Crippen LogP contribution in [0.5, 0.6) is 0 Å². The molecule has 4 aromatic rings. The lowest BCUT2D eigenvalue weighted by atomic mass is 10.2. The van der Waals surface area contributed by atoms with Crippen LogP contribution in [0, 0.1) is 12.7 Å². The Morgan fingerprint density at radius 1 is 1.25 bits per heavy atom. The predicted octanol–water partition coefficient (Wildman–Crippen LogP) is 4.56. The lowest BCUT2D eigenvalue weighted by molar-refractivity contribution is 0.0954. The van der Waals surface area contributed by atoms with Crippen LogP contribution in [-0.4, -0.2) is 20.4 Å². The fraction of sp³-hybridized carbons (Fsp3) is 0.190. The van der Waals surface area contributed by atoms with E-state index in [1.807, 2.05) is 25.3 Å². The number of hydrogen-bond acceptors (Lipinski definition) is 4. The number of hydrogen-bond donors (Lipinski definition) is 1. The van der Waals surface area contributed by atoms with Gasteiger partial charge in [-0.25, -0.2) is 14.4 Å². The van der Waals surface area contributed by atoms with Gasteiger partial charge in [-0.2, -0.15) is 0 Å². The molecule has 0 aliphatic heterocycles. The maximum Gasteiger partial charge on any atom is 0.263 e. The van der Waals surface area contributed by atoms with Crippen molar-refractivity contribution >= 4 is 28.3 Å². The third-order valence-corrected chi connectivity index (χ3v) is 5.76. The minimum Gasteiger partial charge on any atom is -0.347 e. The molecule has 0 unspecified atom stereocenters. The van der Waals surface area contributed by atoms with Crippen molar-refractivity contribution < 1.29 is 9.18 Å². The molecule has 142 valence electrons. The van der Waals surface area contributed by atoms with Gasteiger partial charge in [0.2, 0.25) is 0 Å². The maximum absolute atomic E-state index is 13.0. The molecular weight excluding hydrogens is 375 g/mol. The number of carbonyl (C=O) groups excluding carboxylic acids is 1. The average molecular weight is 394 g/mol. The quantitative estimate of drug-likeness (QED) is 0.540. The molecule has 28 heavy (non-hydrogen) atoms. The molecule has 7 heteroatoms. The van der Waals surface area contributed by atoms with E-state index in [9.17, 15) is 9.18 Å². The van der Waals surface area contributed by atoms with E-state index in [4.69, 9.17) is 0 Å². The number of aryl methyl sites for hydroxylation is 2. The standard InChI is InChI=1S/C21H19FN4OS/c1-3-26-12-17(16-5-4-10-23-19(16)26)21-25-13(2)18(28-21)20(27)24-11-14-6-8-15(22)9-7-14/h4-10,12H,3,11H2,1-2H3,(H,24,27). The summed E-state index contributed by atoms with van der Waals surface area (Å²) in [5.74, 6) is -0.471. The first-order valence-electron chi connectivity index (χ1n) is 9.01. The molecule has 1 aromatic carbocycles. The molecule has 0 fully saturated rings. The van der Waals surface area contributed by atoms with E-state index in [1.54, 1.807) is 18.3 Å². The van der Waals surface area contributed by atoms with E-state index in [-0.39, 0.29) is 11.7 Å². The Balaban J connectivity index is 1.60. The average Bonchev–Trinajstić information content (AvgIpc) is 3.28. The molecule has 3 heterocycles. The van der Waals surface area contributed by atoms with Gasteiger partial charge >= 0.3 is 0 Å². The topological polar surface area (TPSA) is 59.8 Å². The summed E-state index contributed by atoms with van der Waals surface area (Å²) in [6.45, 7) is 5.05. The lowest BCUT2D eigenvalue weighted by Gasteiger charge is -2.04. The number of aromatic nitrogens is 3. The fourth-order valence-corrected chi connectivity index (χ4v) is 4.13. The van der Waals surface area contributed by atoms with Crippen molar-refractivity contribution in [3.63, 3.8) is 0 Å². The van der Waals surface area contributed by atoms with Crippen LogP contribution in [0.3, 0.4) is 0 Å². The molecule has 0 aliphatic carbocycles. The Hall–Kier alpha value is -3.06. The number of amides is 1. The Kier molecular flexibility index (Phi) is 4.92. The van der Waals surface area contributed by atoms with Crippen molar-refractivity contribution in [2.24, 2.45) is 0 Å². The Labute approximate surface area is 165 Å². The number of rotatable bonds is 5. The number of fused-ring (bicyclic) bond motifs is 1. The molecule has 0 atom stereocenters. The second kappa shape index (κ2) is 7.52. The normalized spacial score (nSPS) is 11.1. The first-order valence-corrected chi connectivity index (χ1v) is 9.82. The summed E-state index contributed by atoms with van der Waals surface area (Å²) in [5.41, 5.74) is 3.43. The van der Waals surface area contributed by atoms with Gasteiger partial charge in [0, 0.05) is 36.4 Å². The molecule has 5 nitrogen and oxygen atoms in total. The second-order valence-corrected chi connectivity index (χ2v) is 7.45. The summed E-state index contributed by atoms with van der Waals surface area (Å²) in [5, 5.41) is 4.71. The number of nitrogens with one attached hydrogen (secondary N) is 1. The minimum atomic E-state index is -0.293. The third kappa shape index (κ3) is 3.41. The first kappa shape index (κ1) is 18.3. The van der Waals surface area contributed by atoms with E-state index < -0.39 is 0 Å². The molecule has 1 amide bonds. The Bertz CT molecular complexity index is 1150. The van der Waals surface area contributed by atoms with Crippen LogP contribution in [0.15, 0.2) is 48.8 Å². The van der Waals surface area contributed by atoms with Crippen molar-refractivity contribution in [2.75, 3.05) is 0 Å². The van der Waals surface area contributed by atoms with Gasteiger partial charge in [-0.05, 0) is 43.7 Å². The number of nitrogens with zero attached hydrogens (tertiary/aromatic N) is 3. The zero-order chi connectivity index (χ0) is 19.7. The van der Waals surface area contributed by atoms with Crippen LogP contribution in [0.4, 0.5) is 4.39 Å². The summed E-state index contributed by atoms with van der Waals surface area (Å²) in [7, 11) is 0. The van der Waals surface area contributed by atoms with Gasteiger partial charge in [0.05, 0.1) is 5.69 Å². The maximum atomic E-state index is 13.0. The van der Waals surface area contributed by atoms with Crippen molar-refractivity contribution in [3.05, 3.63) is 70.7 Å². The number of carbonyl (C=O) groups is 1. The van der Waals surface area contributed by atoms with Gasteiger partial charge in [0.1, 0.15) is 21.3 Å². The van der Waals surface area contributed by atoms with Gasteiger partial charge in [-0.1, -0.05) is 12.1 Å². The SMILES string of the molecule is CCn1cc(-c2nc(C)c(C(=O)NCc3ccc(F)cc3)s2)c2cccnc21. The smallest absolute Gasteiger partial charge is 0.263 e. The minimum absolute atomic E-state index is 0.178. The van der Waals surface area contributed by atoms with Gasteiger partial charge in [0.15, 0.2) is 0 Å². The summed E-state index contributed by atoms with van der Waals surface area (Å²) >= 11 is 1.37. The van der Waals surface area contributed by atoms with Crippen LogP contribution in [0.2, 0.25) is 0 Å². The van der Waals surface area contributed by atoms with E-state index >= 15 is 0 Å². The van der Waals surface area contributed by atoms with Crippen LogP contribution in [-0.2, 0) is 13.1 Å². The highest BCUT2D eigenvalue weighted by Gasteiger charge is 2.19. The van der Waals surface area contributed by atoms with Gasteiger partial charge < -0.3 is 9.88 Å². The summed E-state index contributed by atoms with van der Waals surface area (Å²) in [6.07, 6.45) is 3.82. The van der Waals surface area contributed by atoms with E-state index in [0.29, 0.717) is 17.1 Å². The number of pyridine rings is 1. The molecule has 0 saturated heterocycles. The summed E-state index contributed by atoms with van der Waals surface area (Å²) < 4.78 is 15.1. The second-order valence-electron chi connectivity index (χ2n) is 6.45. The number of halogens is 1. The van der Waals surface area contributed by atoms with Crippen molar-refractivity contribution in [1.29, 1.82) is 0 Å². The number of benzene rings is 1. The molecular formula is C21H19FN4OS. The number of thiazole rings is 1. The Morgan fingerprint density at radius 3 is 2.79 bits per heavy atom. The summed E-state index contributed by atoms with van der Waals surface area (Å²) in [4.78, 5) is 22.3. The van der Waals surface area contributed by atoms with Crippen molar-refractivity contribution in [1.82, 2.24) is 19.9 Å². The molecule has 0 spiro atoms. The van der Waals surface area contributed by atoms with Crippen molar-refractivity contribution in [2.45, 2.75) is 26.9 Å². The molecule has 4 rings (SSSR count). The monoisotopic (exact) mass is 394 g/mol. The van der Waals surface area contributed by atoms with Crippen molar-refractivity contribution in [3.8, 4) is 10.6 Å². The van der Waals surface area contributed by atoms with Gasteiger partial charge in [-0.3, -0.25) is 4.79 Å². The van der Waals surface area contributed by atoms with Crippen LogP contribution >= 0.6 is 11.3 Å². The summed E-state index contributed by atoms with van der Waals surface area (Å²) in [6, 6.07) is 10.0. The lowest BCUT2D eigenvalue weighted by Crippen LogP contribution is -2.22. The molecule has 0 saturated carbocycles. The molecule has 3 aromatic heterocycles. The molecule has 0 bridgehead atoms. The zero-order valence-electron chi connectivity index (χ0n) is 15.6. The predicted molar refractivity (Wildman–Crippen MR) is 109 cm³/mol. The van der Waals surface area contributed by atoms with E-state index in [0.717, 1.165) is 33.7 Å². The molecule has 1 N–H and O–H groups in total. The highest BCUT2D eigenvalue weighted by molar-refractivity contribution is 7.17.